The van der Waals surface area contributed by atoms with E-state index >= 15 is 0 Å². The number of carbonyl (C=O) groups excluding carboxylic acids is 1. The molecule has 4 rings (SSSR count). The van der Waals surface area contributed by atoms with Crippen LogP contribution in [0, 0.1) is 0 Å². The molecule has 0 atom stereocenters. The summed E-state index contributed by atoms with van der Waals surface area (Å²) in [7, 11) is 0. The Bertz CT molecular complexity index is 759. The third-order valence-corrected chi connectivity index (χ3v) is 3.69. The summed E-state index contributed by atoms with van der Waals surface area (Å²) >= 11 is 0. The first-order valence-electron chi connectivity index (χ1n) is 7.36. The molecule has 1 N–H and O–H groups in total. The van der Waals surface area contributed by atoms with Crippen LogP contribution in [0.2, 0.25) is 0 Å². The van der Waals surface area contributed by atoms with Crippen LogP contribution in [0.5, 0.6) is 23.0 Å². The third kappa shape index (κ3) is 2.75. The number of ether oxygens (including phenoxy) is 4. The summed E-state index contributed by atoms with van der Waals surface area (Å²) in [4.78, 5) is 12.2. The molecule has 23 heavy (non-hydrogen) atoms. The maximum Gasteiger partial charge on any atom is 0.251 e. The van der Waals surface area contributed by atoms with E-state index < -0.39 is 0 Å². The Labute approximate surface area is 132 Å². The standard InChI is InChI=1S/C17H15NO5/c19-17(12-2-4-14-16(8-12)23-10-22-14)18-9-11-1-3-13-15(7-11)21-6-5-20-13/h1-4,7-8H,5-6,9-10H2,(H,18,19). The number of fused-ring (bicyclic) bond motifs is 2. The molecule has 0 spiro atoms. The molecule has 2 aromatic rings. The van der Waals surface area contributed by atoms with Crippen molar-refractivity contribution in [2.24, 2.45) is 0 Å². The van der Waals surface area contributed by atoms with Crippen molar-refractivity contribution in [2.45, 2.75) is 6.54 Å². The molecule has 1 amide bonds. The number of hydrogen-bond acceptors (Lipinski definition) is 5. The molecule has 0 radical (unpaired) electrons. The van der Waals surface area contributed by atoms with E-state index in [0.29, 0.717) is 42.6 Å². The van der Waals surface area contributed by atoms with Gasteiger partial charge < -0.3 is 24.3 Å². The first-order valence-corrected chi connectivity index (χ1v) is 7.36. The molecule has 2 aromatic carbocycles. The average molecular weight is 313 g/mol. The Hall–Kier alpha value is -2.89. The van der Waals surface area contributed by atoms with E-state index in [4.69, 9.17) is 18.9 Å². The van der Waals surface area contributed by atoms with Gasteiger partial charge in [-0.2, -0.15) is 0 Å². The zero-order valence-corrected chi connectivity index (χ0v) is 12.3. The number of nitrogens with one attached hydrogen (secondary N) is 1. The van der Waals surface area contributed by atoms with Gasteiger partial charge >= 0.3 is 0 Å². The molecule has 0 aliphatic carbocycles. The fourth-order valence-electron chi connectivity index (χ4n) is 2.52. The van der Waals surface area contributed by atoms with E-state index in [1.165, 1.54) is 0 Å². The Morgan fingerprint density at radius 2 is 1.57 bits per heavy atom. The molecule has 6 nitrogen and oxygen atoms in total. The van der Waals surface area contributed by atoms with E-state index in [1.54, 1.807) is 18.2 Å². The van der Waals surface area contributed by atoms with Gasteiger partial charge in [-0.25, -0.2) is 0 Å². The zero-order chi connectivity index (χ0) is 15.6. The SMILES string of the molecule is O=C(NCc1ccc2c(c1)OCCO2)c1ccc2c(c1)OCO2. The van der Waals surface area contributed by atoms with Crippen molar-refractivity contribution in [3.63, 3.8) is 0 Å². The Morgan fingerprint density at radius 1 is 0.870 bits per heavy atom. The highest BCUT2D eigenvalue weighted by molar-refractivity contribution is 5.94. The van der Waals surface area contributed by atoms with Gasteiger partial charge in [-0.1, -0.05) is 6.07 Å². The normalized spacial score (nSPS) is 14.4. The van der Waals surface area contributed by atoms with Gasteiger partial charge in [0, 0.05) is 12.1 Å². The van der Waals surface area contributed by atoms with Gasteiger partial charge in [-0.05, 0) is 35.9 Å². The number of rotatable bonds is 3. The van der Waals surface area contributed by atoms with E-state index in [1.807, 2.05) is 18.2 Å². The number of benzene rings is 2. The van der Waals surface area contributed by atoms with Gasteiger partial charge in [0.25, 0.3) is 5.91 Å². The lowest BCUT2D eigenvalue weighted by atomic mass is 10.1. The average Bonchev–Trinajstić information content (AvgIpc) is 3.07. The molecule has 0 fully saturated rings. The van der Waals surface area contributed by atoms with Crippen LogP contribution in [0.15, 0.2) is 36.4 Å². The fourth-order valence-corrected chi connectivity index (χ4v) is 2.52. The first kappa shape index (κ1) is 13.8. The van der Waals surface area contributed by atoms with Gasteiger partial charge in [0.15, 0.2) is 23.0 Å². The Kier molecular flexibility index (Phi) is 3.42. The van der Waals surface area contributed by atoms with Crippen LogP contribution in [-0.4, -0.2) is 25.9 Å². The minimum Gasteiger partial charge on any atom is -0.486 e. The summed E-state index contributed by atoms with van der Waals surface area (Å²) < 4.78 is 21.5. The lowest BCUT2D eigenvalue weighted by molar-refractivity contribution is 0.0950. The maximum absolute atomic E-state index is 12.2. The summed E-state index contributed by atoms with van der Waals surface area (Å²) in [5.41, 5.74) is 1.48. The number of carbonyl (C=O) groups is 1. The van der Waals surface area contributed by atoms with Crippen LogP contribution in [0.25, 0.3) is 0 Å². The van der Waals surface area contributed by atoms with Crippen molar-refractivity contribution in [3.8, 4) is 23.0 Å². The van der Waals surface area contributed by atoms with Gasteiger partial charge in [0.2, 0.25) is 6.79 Å². The van der Waals surface area contributed by atoms with Crippen molar-refractivity contribution in [2.75, 3.05) is 20.0 Å². The Morgan fingerprint density at radius 3 is 2.48 bits per heavy atom. The number of hydrogen-bond donors (Lipinski definition) is 1. The summed E-state index contributed by atoms with van der Waals surface area (Å²) in [6, 6.07) is 10.8. The quantitative estimate of drug-likeness (QED) is 0.940. The minimum atomic E-state index is -0.168. The molecule has 6 heteroatoms. The van der Waals surface area contributed by atoms with Gasteiger partial charge in [-0.3, -0.25) is 4.79 Å². The van der Waals surface area contributed by atoms with Crippen molar-refractivity contribution in [1.82, 2.24) is 5.32 Å². The van der Waals surface area contributed by atoms with E-state index in [9.17, 15) is 4.79 Å². The molecule has 0 saturated carbocycles. The minimum absolute atomic E-state index is 0.168. The van der Waals surface area contributed by atoms with Crippen molar-refractivity contribution < 1.29 is 23.7 Å². The highest BCUT2D eigenvalue weighted by atomic mass is 16.7. The monoisotopic (exact) mass is 313 g/mol. The molecular weight excluding hydrogens is 298 g/mol. The van der Waals surface area contributed by atoms with Crippen LogP contribution in [0.3, 0.4) is 0 Å². The molecule has 118 valence electrons. The zero-order valence-electron chi connectivity index (χ0n) is 12.3. The van der Waals surface area contributed by atoms with Gasteiger partial charge in [0.1, 0.15) is 13.2 Å². The first-order chi connectivity index (χ1) is 11.3. The van der Waals surface area contributed by atoms with Crippen molar-refractivity contribution in [1.29, 1.82) is 0 Å². The highest BCUT2D eigenvalue weighted by Gasteiger charge is 2.16. The predicted octanol–water partition coefficient (Wildman–Crippen LogP) is 2.12. The maximum atomic E-state index is 12.2. The molecule has 2 heterocycles. The molecule has 0 aromatic heterocycles. The van der Waals surface area contributed by atoms with Crippen LogP contribution < -0.4 is 24.3 Å². The van der Waals surface area contributed by atoms with Gasteiger partial charge in [0.05, 0.1) is 0 Å². The molecule has 0 unspecified atom stereocenters. The second-order valence-corrected chi connectivity index (χ2v) is 5.23. The highest BCUT2D eigenvalue weighted by Crippen LogP contribution is 2.33. The van der Waals surface area contributed by atoms with Crippen LogP contribution >= 0.6 is 0 Å². The van der Waals surface area contributed by atoms with E-state index in [-0.39, 0.29) is 12.7 Å². The summed E-state index contributed by atoms with van der Waals surface area (Å²) in [6.07, 6.45) is 0. The van der Waals surface area contributed by atoms with Crippen molar-refractivity contribution in [3.05, 3.63) is 47.5 Å². The van der Waals surface area contributed by atoms with Crippen LogP contribution in [0.1, 0.15) is 15.9 Å². The topological polar surface area (TPSA) is 66.0 Å². The van der Waals surface area contributed by atoms with Crippen molar-refractivity contribution >= 4 is 5.91 Å². The second-order valence-electron chi connectivity index (χ2n) is 5.23. The lowest BCUT2D eigenvalue weighted by Gasteiger charge is -2.19. The molecule has 2 aliphatic rings. The van der Waals surface area contributed by atoms with E-state index in [0.717, 1.165) is 11.3 Å². The predicted molar refractivity (Wildman–Crippen MR) is 81.2 cm³/mol. The van der Waals surface area contributed by atoms with Crippen LogP contribution in [-0.2, 0) is 6.54 Å². The summed E-state index contributed by atoms with van der Waals surface area (Å²) in [6.45, 7) is 1.70. The van der Waals surface area contributed by atoms with Crippen LogP contribution in [0.4, 0.5) is 0 Å². The largest absolute Gasteiger partial charge is 0.486 e. The van der Waals surface area contributed by atoms with E-state index in [2.05, 4.69) is 5.32 Å². The molecule has 0 saturated heterocycles. The molecular formula is C17H15NO5. The smallest absolute Gasteiger partial charge is 0.251 e. The third-order valence-electron chi connectivity index (χ3n) is 3.69. The number of amides is 1. The fraction of sp³-hybridized carbons (Fsp3) is 0.235. The Balaban J connectivity index is 1.43. The summed E-state index contributed by atoms with van der Waals surface area (Å²) in [5.74, 6) is 2.54. The summed E-state index contributed by atoms with van der Waals surface area (Å²) in [5, 5.41) is 2.88. The second kappa shape index (κ2) is 5.72. The molecule has 2 aliphatic heterocycles. The lowest BCUT2D eigenvalue weighted by Crippen LogP contribution is -2.23. The molecule has 0 bridgehead atoms. The van der Waals surface area contributed by atoms with Gasteiger partial charge in [-0.15, -0.1) is 0 Å².